The number of hydrogen-bond donors (Lipinski definition) is 2. The Bertz CT molecular complexity index is 430. The largest absolute Gasteiger partial charge is 0.426 e. The molecule has 2 N–H and O–H groups in total. The van der Waals surface area contributed by atoms with Crippen LogP contribution in [0.1, 0.15) is 5.56 Å². The number of esters is 1. The molecule has 0 spiro atoms. The van der Waals surface area contributed by atoms with Gasteiger partial charge in [-0.15, -0.1) is 0 Å². The number of halogens is 1. The van der Waals surface area contributed by atoms with E-state index >= 15 is 0 Å². The van der Waals surface area contributed by atoms with E-state index in [1.807, 2.05) is 30.3 Å². The molecule has 0 saturated heterocycles. The summed E-state index contributed by atoms with van der Waals surface area (Å²) in [7, 11) is 0. The van der Waals surface area contributed by atoms with E-state index in [1.165, 1.54) is 0 Å². The lowest BCUT2D eigenvalue weighted by molar-refractivity contribution is -0.151. The van der Waals surface area contributed by atoms with Gasteiger partial charge in [-0.2, -0.15) is 0 Å². The molecule has 1 unspecified atom stereocenters. The van der Waals surface area contributed by atoms with Crippen molar-refractivity contribution in [3.63, 3.8) is 0 Å². The zero-order chi connectivity index (χ0) is 11.5. The number of rotatable bonds is 3. The first-order valence-corrected chi connectivity index (χ1v) is 5.54. The van der Waals surface area contributed by atoms with Crippen LogP contribution in [0, 0.1) is 0 Å². The number of ether oxygens (including phenoxy) is 1. The first kappa shape index (κ1) is 11.2. The second-order valence-corrected chi connectivity index (χ2v) is 4.12. The SMILES string of the molecule is O=C1OC(O)C(NCc2ccccc2)=C1Br. The van der Waals surface area contributed by atoms with Crippen molar-refractivity contribution < 1.29 is 14.6 Å². The van der Waals surface area contributed by atoms with Crippen molar-refractivity contribution in [3.8, 4) is 0 Å². The Kier molecular flexibility index (Phi) is 3.26. The third-order valence-corrected chi connectivity index (χ3v) is 2.96. The number of aliphatic hydroxyl groups excluding tert-OH is 1. The molecule has 1 atom stereocenters. The number of hydrogen-bond acceptors (Lipinski definition) is 4. The van der Waals surface area contributed by atoms with Crippen molar-refractivity contribution in [2.45, 2.75) is 12.8 Å². The predicted octanol–water partition coefficient (Wildman–Crippen LogP) is 1.26. The molecule has 84 valence electrons. The van der Waals surface area contributed by atoms with Crippen LogP contribution in [0.25, 0.3) is 0 Å². The molecule has 1 aromatic carbocycles. The average Bonchev–Trinajstić information content (AvgIpc) is 2.53. The van der Waals surface area contributed by atoms with Gasteiger partial charge in [0.15, 0.2) is 0 Å². The van der Waals surface area contributed by atoms with Crippen molar-refractivity contribution in [2.75, 3.05) is 0 Å². The number of aliphatic hydroxyl groups is 1. The normalized spacial score (nSPS) is 19.9. The molecule has 1 aliphatic rings. The molecule has 1 aromatic rings. The minimum Gasteiger partial charge on any atom is -0.426 e. The van der Waals surface area contributed by atoms with E-state index in [9.17, 15) is 9.90 Å². The van der Waals surface area contributed by atoms with Gasteiger partial charge in [-0.25, -0.2) is 4.79 Å². The standard InChI is InChI=1S/C11H10BrNO3/c12-8-9(11(15)16-10(8)14)13-6-7-4-2-1-3-5-7/h1-5,11,13,15H,6H2. The van der Waals surface area contributed by atoms with Crippen LogP contribution in [0.4, 0.5) is 0 Å². The summed E-state index contributed by atoms with van der Waals surface area (Å²) in [5, 5.41) is 12.4. The minimum absolute atomic E-state index is 0.246. The van der Waals surface area contributed by atoms with Crippen LogP contribution in [-0.2, 0) is 16.1 Å². The molecule has 1 heterocycles. The highest BCUT2D eigenvalue weighted by atomic mass is 79.9. The Balaban J connectivity index is 2.04. The highest BCUT2D eigenvalue weighted by Gasteiger charge is 2.30. The van der Waals surface area contributed by atoms with Gasteiger partial charge in [-0.3, -0.25) is 0 Å². The molecular weight excluding hydrogens is 274 g/mol. The van der Waals surface area contributed by atoms with Crippen molar-refractivity contribution in [2.24, 2.45) is 0 Å². The van der Waals surface area contributed by atoms with Gasteiger partial charge in [-0.1, -0.05) is 30.3 Å². The zero-order valence-electron chi connectivity index (χ0n) is 8.31. The lowest BCUT2D eigenvalue weighted by atomic mass is 10.2. The molecule has 0 bridgehead atoms. The van der Waals surface area contributed by atoms with Crippen molar-refractivity contribution in [1.82, 2.24) is 5.32 Å². The van der Waals surface area contributed by atoms with Crippen LogP contribution in [0.5, 0.6) is 0 Å². The topological polar surface area (TPSA) is 58.6 Å². The summed E-state index contributed by atoms with van der Waals surface area (Å²) in [6.07, 6.45) is -1.20. The van der Waals surface area contributed by atoms with Gasteiger partial charge < -0.3 is 15.2 Å². The van der Waals surface area contributed by atoms with Crippen LogP contribution in [-0.4, -0.2) is 17.4 Å². The molecule has 0 amide bonds. The number of cyclic esters (lactones) is 1. The summed E-state index contributed by atoms with van der Waals surface area (Å²) in [5.74, 6) is -0.553. The molecule has 0 aliphatic carbocycles. The smallest absolute Gasteiger partial charge is 0.349 e. The molecular formula is C11H10BrNO3. The summed E-state index contributed by atoms with van der Waals surface area (Å²) < 4.78 is 4.85. The highest BCUT2D eigenvalue weighted by molar-refractivity contribution is 9.12. The number of carbonyl (C=O) groups is 1. The van der Waals surface area contributed by atoms with Crippen LogP contribution in [0.15, 0.2) is 40.5 Å². The van der Waals surface area contributed by atoms with E-state index in [0.717, 1.165) is 5.56 Å². The van der Waals surface area contributed by atoms with Crippen LogP contribution in [0.2, 0.25) is 0 Å². The summed E-state index contributed by atoms with van der Waals surface area (Å²) in [6.45, 7) is 0.527. The average molecular weight is 284 g/mol. The van der Waals surface area contributed by atoms with Gasteiger partial charge in [0.25, 0.3) is 0 Å². The molecule has 2 rings (SSSR count). The lowest BCUT2D eigenvalue weighted by Gasteiger charge is -2.10. The van der Waals surface area contributed by atoms with E-state index in [-0.39, 0.29) is 4.48 Å². The lowest BCUT2D eigenvalue weighted by Crippen LogP contribution is -2.22. The van der Waals surface area contributed by atoms with Gasteiger partial charge in [0.1, 0.15) is 10.2 Å². The number of nitrogens with one attached hydrogen (secondary N) is 1. The fourth-order valence-corrected chi connectivity index (χ4v) is 1.82. The molecule has 16 heavy (non-hydrogen) atoms. The Morgan fingerprint density at radius 3 is 2.62 bits per heavy atom. The Morgan fingerprint density at radius 1 is 1.38 bits per heavy atom. The second-order valence-electron chi connectivity index (χ2n) is 3.32. The van der Waals surface area contributed by atoms with E-state index in [0.29, 0.717) is 12.2 Å². The van der Waals surface area contributed by atoms with E-state index < -0.39 is 12.3 Å². The molecule has 0 radical (unpaired) electrons. The quantitative estimate of drug-likeness (QED) is 0.820. The predicted molar refractivity (Wildman–Crippen MR) is 61.3 cm³/mol. The molecule has 0 aromatic heterocycles. The van der Waals surface area contributed by atoms with Gasteiger partial charge in [0, 0.05) is 6.54 Å². The number of benzene rings is 1. The third kappa shape index (κ3) is 2.25. The zero-order valence-corrected chi connectivity index (χ0v) is 9.90. The van der Waals surface area contributed by atoms with Gasteiger partial charge in [0.2, 0.25) is 6.29 Å². The highest BCUT2D eigenvalue weighted by Crippen LogP contribution is 2.23. The van der Waals surface area contributed by atoms with Crippen LogP contribution in [0.3, 0.4) is 0 Å². The maximum absolute atomic E-state index is 11.1. The van der Waals surface area contributed by atoms with Crippen molar-refractivity contribution >= 4 is 21.9 Å². The van der Waals surface area contributed by atoms with Crippen LogP contribution < -0.4 is 5.32 Å². The van der Waals surface area contributed by atoms with Gasteiger partial charge >= 0.3 is 5.97 Å². The van der Waals surface area contributed by atoms with E-state index in [2.05, 4.69) is 26.0 Å². The van der Waals surface area contributed by atoms with E-state index in [1.54, 1.807) is 0 Å². The molecule has 4 nitrogen and oxygen atoms in total. The molecule has 5 heteroatoms. The van der Waals surface area contributed by atoms with Crippen LogP contribution >= 0.6 is 15.9 Å². The fourth-order valence-electron chi connectivity index (χ4n) is 1.39. The fraction of sp³-hybridized carbons (Fsp3) is 0.182. The molecule has 0 saturated carbocycles. The van der Waals surface area contributed by atoms with Gasteiger partial charge in [0.05, 0.1) is 0 Å². The summed E-state index contributed by atoms with van der Waals surface area (Å²) in [5.41, 5.74) is 1.43. The van der Waals surface area contributed by atoms with Crippen molar-refractivity contribution in [1.29, 1.82) is 0 Å². The molecule has 1 aliphatic heterocycles. The first-order valence-electron chi connectivity index (χ1n) is 4.75. The maximum atomic E-state index is 11.1. The van der Waals surface area contributed by atoms with E-state index in [4.69, 9.17) is 0 Å². The van der Waals surface area contributed by atoms with Crippen molar-refractivity contribution in [3.05, 3.63) is 46.1 Å². The second kappa shape index (κ2) is 4.67. The first-order chi connectivity index (χ1) is 7.68. The monoisotopic (exact) mass is 283 g/mol. The minimum atomic E-state index is -1.20. The summed E-state index contributed by atoms with van der Waals surface area (Å²) >= 11 is 3.07. The third-order valence-electron chi connectivity index (χ3n) is 2.21. The Hall–Kier alpha value is -1.33. The maximum Gasteiger partial charge on any atom is 0.349 e. The Labute approximate surface area is 101 Å². The Morgan fingerprint density at radius 2 is 2.06 bits per heavy atom. The molecule has 0 fully saturated rings. The number of carbonyl (C=O) groups excluding carboxylic acids is 1. The summed E-state index contributed by atoms with van der Waals surface area (Å²) in [6, 6.07) is 9.67. The summed E-state index contributed by atoms with van der Waals surface area (Å²) in [4.78, 5) is 11.1. The van der Waals surface area contributed by atoms with Gasteiger partial charge in [-0.05, 0) is 21.5 Å².